The van der Waals surface area contributed by atoms with E-state index in [1.807, 2.05) is 0 Å². The number of carbonyl (C=O) groups is 1. The molecule has 0 radical (unpaired) electrons. The van der Waals surface area contributed by atoms with E-state index >= 15 is 0 Å². The van der Waals surface area contributed by atoms with Gasteiger partial charge in [-0.15, -0.1) is 0 Å². The molecule has 0 aliphatic carbocycles. The van der Waals surface area contributed by atoms with Crippen molar-refractivity contribution in [2.75, 3.05) is 5.32 Å². The second kappa shape index (κ2) is 11.2. The molecule has 0 saturated carbocycles. The Labute approximate surface area is 214 Å². The standard InChI is InChI=1S/C23H13Cl4N3O4/c24-16-3-1-13(2-4-16)12-34-22-18(26)8-14(9-19(22)27)7-15(11-28)23(31)29-20-6-5-17(25)10-21(20)30(32)33/h1-10H,12H2,(H,29,31)/b15-7+. The van der Waals surface area contributed by atoms with Gasteiger partial charge in [0.1, 0.15) is 23.9 Å². The normalized spacial score (nSPS) is 11.0. The highest BCUT2D eigenvalue weighted by Gasteiger charge is 2.19. The largest absolute Gasteiger partial charge is 0.486 e. The van der Waals surface area contributed by atoms with Crippen LogP contribution in [0.1, 0.15) is 11.1 Å². The van der Waals surface area contributed by atoms with Crippen LogP contribution in [0.4, 0.5) is 11.4 Å². The number of rotatable bonds is 7. The number of halogens is 4. The Morgan fingerprint density at radius 3 is 2.24 bits per heavy atom. The molecule has 11 heteroatoms. The molecule has 0 aliphatic rings. The van der Waals surface area contributed by atoms with Crippen LogP contribution in [0, 0.1) is 21.4 Å². The number of anilines is 1. The molecule has 172 valence electrons. The average Bonchev–Trinajstić information content (AvgIpc) is 2.79. The van der Waals surface area contributed by atoms with Gasteiger partial charge in [-0.3, -0.25) is 14.9 Å². The molecule has 0 fully saturated rings. The number of nitro benzene ring substituents is 1. The van der Waals surface area contributed by atoms with Gasteiger partial charge in [-0.25, -0.2) is 0 Å². The van der Waals surface area contributed by atoms with Gasteiger partial charge in [0.2, 0.25) is 0 Å². The molecule has 0 heterocycles. The van der Waals surface area contributed by atoms with Crippen molar-refractivity contribution in [3.8, 4) is 11.8 Å². The number of nitrogens with zero attached hydrogens (tertiary/aromatic N) is 2. The van der Waals surface area contributed by atoms with E-state index in [4.69, 9.17) is 51.1 Å². The number of nitriles is 1. The Bertz CT molecular complexity index is 1310. The number of nitrogens with one attached hydrogen (secondary N) is 1. The summed E-state index contributed by atoms with van der Waals surface area (Å²) >= 11 is 24.3. The molecule has 0 aliphatic heterocycles. The summed E-state index contributed by atoms with van der Waals surface area (Å²) in [6.07, 6.45) is 1.25. The van der Waals surface area contributed by atoms with Gasteiger partial charge in [-0.05, 0) is 53.6 Å². The van der Waals surface area contributed by atoms with Crippen molar-refractivity contribution < 1.29 is 14.5 Å². The number of ether oxygens (including phenoxy) is 1. The highest BCUT2D eigenvalue weighted by Crippen LogP contribution is 2.35. The summed E-state index contributed by atoms with van der Waals surface area (Å²) in [5.74, 6) is -0.626. The summed E-state index contributed by atoms with van der Waals surface area (Å²) in [6, 6.07) is 15.5. The van der Waals surface area contributed by atoms with Crippen molar-refractivity contribution in [1.82, 2.24) is 0 Å². The van der Waals surface area contributed by atoms with E-state index in [1.54, 1.807) is 30.3 Å². The Morgan fingerprint density at radius 2 is 1.65 bits per heavy atom. The fraction of sp³-hybridized carbons (Fsp3) is 0.0435. The molecule has 0 saturated heterocycles. The zero-order chi connectivity index (χ0) is 24.8. The number of nitro groups is 1. The maximum absolute atomic E-state index is 12.6. The minimum Gasteiger partial charge on any atom is -0.486 e. The summed E-state index contributed by atoms with van der Waals surface area (Å²) in [6.45, 7) is 0.192. The van der Waals surface area contributed by atoms with Crippen molar-refractivity contribution in [3.05, 3.63) is 102 Å². The van der Waals surface area contributed by atoms with Crippen molar-refractivity contribution in [1.29, 1.82) is 5.26 Å². The summed E-state index contributed by atoms with van der Waals surface area (Å²) < 4.78 is 5.70. The molecule has 0 atom stereocenters. The van der Waals surface area contributed by atoms with E-state index in [0.29, 0.717) is 10.6 Å². The molecule has 3 rings (SSSR count). The zero-order valence-corrected chi connectivity index (χ0v) is 20.0. The van der Waals surface area contributed by atoms with Crippen LogP contribution < -0.4 is 10.1 Å². The number of carbonyl (C=O) groups excluding carboxylic acids is 1. The Kier molecular flexibility index (Phi) is 8.37. The quantitative estimate of drug-likeness (QED) is 0.147. The minimum atomic E-state index is -0.858. The SMILES string of the molecule is N#C/C(=C\c1cc(Cl)c(OCc2ccc(Cl)cc2)c(Cl)c1)C(=O)Nc1ccc(Cl)cc1[N+](=O)[O-]. The van der Waals surface area contributed by atoms with E-state index in [1.165, 1.54) is 30.3 Å². The highest BCUT2D eigenvalue weighted by molar-refractivity contribution is 6.37. The zero-order valence-electron chi connectivity index (χ0n) is 17.0. The van der Waals surface area contributed by atoms with Crippen molar-refractivity contribution in [2.45, 2.75) is 6.61 Å². The third kappa shape index (κ3) is 6.40. The Balaban J connectivity index is 1.80. The van der Waals surface area contributed by atoms with E-state index in [0.717, 1.165) is 11.6 Å². The number of benzene rings is 3. The van der Waals surface area contributed by atoms with Gasteiger partial charge < -0.3 is 10.1 Å². The molecule has 1 N–H and O–H groups in total. The van der Waals surface area contributed by atoms with Crippen LogP contribution in [0.15, 0.2) is 60.2 Å². The number of hydrogen-bond acceptors (Lipinski definition) is 5. The van der Waals surface area contributed by atoms with E-state index < -0.39 is 16.5 Å². The highest BCUT2D eigenvalue weighted by atomic mass is 35.5. The Morgan fingerprint density at radius 1 is 1.03 bits per heavy atom. The molecule has 0 spiro atoms. The van der Waals surface area contributed by atoms with Crippen molar-refractivity contribution in [2.24, 2.45) is 0 Å². The van der Waals surface area contributed by atoms with Gasteiger partial charge in [-0.1, -0.05) is 58.5 Å². The van der Waals surface area contributed by atoms with E-state index in [9.17, 15) is 20.2 Å². The average molecular weight is 537 g/mol. The smallest absolute Gasteiger partial charge is 0.294 e. The van der Waals surface area contributed by atoms with Gasteiger partial charge >= 0.3 is 0 Å². The molecular weight excluding hydrogens is 524 g/mol. The summed E-state index contributed by atoms with van der Waals surface area (Å²) in [5.41, 5.74) is 0.353. The molecule has 0 bridgehead atoms. The van der Waals surface area contributed by atoms with Crippen LogP contribution in [-0.4, -0.2) is 10.8 Å². The van der Waals surface area contributed by atoms with Gasteiger partial charge in [-0.2, -0.15) is 5.26 Å². The second-order valence-corrected chi connectivity index (χ2v) is 8.46. The first kappa shape index (κ1) is 25.3. The van der Waals surface area contributed by atoms with Crippen LogP contribution in [0.5, 0.6) is 5.75 Å². The maximum atomic E-state index is 12.6. The lowest BCUT2D eigenvalue weighted by Crippen LogP contribution is -2.14. The Hall–Kier alpha value is -3.28. The van der Waals surface area contributed by atoms with Crippen LogP contribution in [0.25, 0.3) is 6.08 Å². The van der Waals surface area contributed by atoms with Crippen LogP contribution in [0.3, 0.4) is 0 Å². The van der Waals surface area contributed by atoms with E-state index in [-0.39, 0.29) is 38.7 Å². The van der Waals surface area contributed by atoms with Gasteiger partial charge in [0.15, 0.2) is 5.75 Å². The van der Waals surface area contributed by atoms with Crippen molar-refractivity contribution in [3.63, 3.8) is 0 Å². The molecule has 0 unspecified atom stereocenters. The monoisotopic (exact) mass is 535 g/mol. The van der Waals surface area contributed by atoms with Crippen molar-refractivity contribution >= 4 is 69.8 Å². The minimum absolute atomic E-state index is 0.109. The summed E-state index contributed by atoms with van der Waals surface area (Å²) in [7, 11) is 0. The lowest BCUT2D eigenvalue weighted by atomic mass is 10.1. The number of amides is 1. The first-order chi connectivity index (χ1) is 16.2. The number of hydrogen-bond donors (Lipinski definition) is 1. The summed E-state index contributed by atoms with van der Waals surface area (Å²) in [4.78, 5) is 23.1. The molecule has 7 nitrogen and oxygen atoms in total. The lowest BCUT2D eigenvalue weighted by molar-refractivity contribution is -0.383. The van der Waals surface area contributed by atoms with Gasteiger partial charge in [0.05, 0.1) is 15.0 Å². The fourth-order valence-electron chi connectivity index (χ4n) is 2.80. The van der Waals surface area contributed by atoms with E-state index in [2.05, 4.69) is 5.32 Å². The molecule has 3 aromatic rings. The summed E-state index contributed by atoms with van der Waals surface area (Å²) in [5, 5.41) is 24.1. The third-order valence-electron chi connectivity index (χ3n) is 4.40. The topological polar surface area (TPSA) is 105 Å². The fourth-order valence-corrected chi connectivity index (χ4v) is 3.71. The predicted octanol–water partition coefficient (Wildman–Crippen LogP) is 7.33. The maximum Gasteiger partial charge on any atom is 0.294 e. The first-order valence-corrected chi connectivity index (χ1v) is 10.9. The first-order valence-electron chi connectivity index (χ1n) is 9.41. The van der Waals surface area contributed by atoms with Crippen LogP contribution >= 0.6 is 46.4 Å². The lowest BCUT2D eigenvalue weighted by Gasteiger charge is -2.11. The molecule has 0 aromatic heterocycles. The van der Waals surface area contributed by atoms with Crippen LogP contribution in [-0.2, 0) is 11.4 Å². The van der Waals surface area contributed by atoms with Crippen LogP contribution in [0.2, 0.25) is 20.1 Å². The molecule has 34 heavy (non-hydrogen) atoms. The molecule has 1 amide bonds. The molecule has 3 aromatic carbocycles. The second-order valence-electron chi connectivity index (χ2n) is 6.77. The van der Waals surface area contributed by atoms with Gasteiger partial charge in [0, 0.05) is 16.1 Å². The predicted molar refractivity (Wildman–Crippen MR) is 133 cm³/mol. The third-order valence-corrected chi connectivity index (χ3v) is 5.45. The van der Waals surface area contributed by atoms with Gasteiger partial charge in [0.25, 0.3) is 11.6 Å². The molecular formula is C23H13Cl4N3O4.